The molecule has 2 aromatic carbocycles. The van der Waals surface area contributed by atoms with Crippen molar-refractivity contribution in [3.63, 3.8) is 0 Å². The van der Waals surface area contributed by atoms with Crippen LogP contribution in [0.15, 0.2) is 54.6 Å². The van der Waals surface area contributed by atoms with E-state index >= 15 is 0 Å². The van der Waals surface area contributed by atoms with E-state index < -0.39 is 0 Å². The van der Waals surface area contributed by atoms with E-state index in [0.717, 1.165) is 25.4 Å². The molecule has 2 aromatic rings. The van der Waals surface area contributed by atoms with Gasteiger partial charge in [-0.05, 0) is 17.7 Å². The first-order valence-corrected chi connectivity index (χ1v) is 7.05. The molecule has 0 radical (unpaired) electrons. The van der Waals surface area contributed by atoms with E-state index in [9.17, 15) is 0 Å². The summed E-state index contributed by atoms with van der Waals surface area (Å²) in [4.78, 5) is 2.40. The molecule has 1 aliphatic rings. The van der Waals surface area contributed by atoms with Gasteiger partial charge in [-0.25, -0.2) is 0 Å². The topological polar surface area (TPSA) is 24.5 Å². The first-order chi connectivity index (χ1) is 9.88. The molecule has 1 aliphatic heterocycles. The van der Waals surface area contributed by atoms with Gasteiger partial charge in [0.15, 0.2) is 0 Å². The van der Waals surface area contributed by atoms with Gasteiger partial charge in [0.1, 0.15) is 5.75 Å². The molecule has 0 aromatic heterocycles. The summed E-state index contributed by atoms with van der Waals surface area (Å²) in [5, 5.41) is 3.59. The third-order valence-corrected chi connectivity index (χ3v) is 3.80. The Hall–Kier alpha value is -2.00. The standard InChI is InChI=1S/C17H20N2O/c1-20-17-10-6-5-9-16(17)19-12-11-18-15(13-19)14-7-3-2-4-8-14/h2-10,15,18H,11-13H2,1H3. The Morgan fingerprint density at radius 2 is 1.80 bits per heavy atom. The van der Waals surface area contributed by atoms with Gasteiger partial charge in [0.05, 0.1) is 12.8 Å². The Bertz CT molecular complexity index is 556. The first kappa shape index (κ1) is 13.0. The van der Waals surface area contributed by atoms with Crippen LogP contribution < -0.4 is 15.0 Å². The minimum atomic E-state index is 0.370. The normalized spacial score (nSPS) is 18.9. The number of anilines is 1. The molecule has 1 N–H and O–H groups in total. The Labute approximate surface area is 120 Å². The first-order valence-electron chi connectivity index (χ1n) is 7.05. The molecule has 0 aliphatic carbocycles. The number of piperazine rings is 1. The van der Waals surface area contributed by atoms with Gasteiger partial charge in [0.2, 0.25) is 0 Å². The summed E-state index contributed by atoms with van der Waals surface area (Å²) in [6.07, 6.45) is 0. The molecule has 0 bridgehead atoms. The van der Waals surface area contributed by atoms with Crippen LogP contribution in [-0.2, 0) is 0 Å². The van der Waals surface area contributed by atoms with Gasteiger partial charge in [-0.3, -0.25) is 0 Å². The van der Waals surface area contributed by atoms with Crippen LogP contribution in [0.5, 0.6) is 5.75 Å². The second kappa shape index (κ2) is 5.97. The van der Waals surface area contributed by atoms with Crippen LogP contribution in [0, 0.1) is 0 Å². The van der Waals surface area contributed by atoms with Crippen molar-refractivity contribution < 1.29 is 4.74 Å². The van der Waals surface area contributed by atoms with E-state index in [1.54, 1.807) is 7.11 Å². The van der Waals surface area contributed by atoms with Crippen molar-refractivity contribution >= 4 is 5.69 Å². The quantitative estimate of drug-likeness (QED) is 0.926. The predicted molar refractivity (Wildman–Crippen MR) is 82.4 cm³/mol. The highest BCUT2D eigenvalue weighted by molar-refractivity contribution is 5.59. The van der Waals surface area contributed by atoms with Crippen molar-refractivity contribution in [1.29, 1.82) is 0 Å². The Morgan fingerprint density at radius 1 is 1.05 bits per heavy atom. The summed E-state index contributed by atoms with van der Waals surface area (Å²) in [6.45, 7) is 2.95. The maximum atomic E-state index is 5.48. The van der Waals surface area contributed by atoms with Crippen molar-refractivity contribution in [3.8, 4) is 5.75 Å². The molecule has 1 atom stereocenters. The molecule has 0 saturated carbocycles. The molecule has 104 valence electrons. The lowest BCUT2D eigenvalue weighted by Crippen LogP contribution is -2.46. The third-order valence-electron chi connectivity index (χ3n) is 3.80. The number of benzene rings is 2. The third kappa shape index (κ3) is 2.63. The van der Waals surface area contributed by atoms with Crippen LogP contribution in [-0.4, -0.2) is 26.7 Å². The summed E-state index contributed by atoms with van der Waals surface area (Å²) in [7, 11) is 1.73. The van der Waals surface area contributed by atoms with Gasteiger partial charge >= 0.3 is 0 Å². The summed E-state index contributed by atoms with van der Waals surface area (Å²) in [5.74, 6) is 0.946. The number of ether oxygens (including phenoxy) is 1. The second-order valence-corrected chi connectivity index (χ2v) is 5.04. The fourth-order valence-corrected chi connectivity index (χ4v) is 2.77. The van der Waals surface area contributed by atoms with E-state index in [2.05, 4.69) is 52.7 Å². The maximum absolute atomic E-state index is 5.48. The Kier molecular flexibility index (Phi) is 3.88. The van der Waals surface area contributed by atoms with Crippen molar-refractivity contribution in [2.24, 2.45) is 0 Å². The lowest BCUT2D eigenvalue weighted by atomic mass is 10.0. The van der Waals surface area contributed by atoms with Gasteiger partial charge < -0.3 is 15.0 Å². The molecule has 3 heteroatoms. The zero-order valence-electron chi connectivity index (χ0n) is 11.8. The number of nitrogens with zero attached hydrogens (tertiary/aromatic N) is 1. The molecule has 1 saturated heterocycles. The molecule has 1 unspecified atom stereocenters. The van der Waals surface area contributed by atoms with Crippen molar-refractivity contribution in [3.05, 3.63) is 60.2 Å². The highest BCUT2D eigenvalue weighted by atomic mass is 16.5. The van der Waals surface area contributed by atoms with E-state index in [0.29, 0.717) is 6.04 Å². The predicted octanol–water partition coefficient (Wildman–Crippen LogP) is 2.85. The minimum absolute atomic E-state index is 0.370. The molecule has 1 heterocycles. The summed E-state index contributed by atoms with van der Waals surface area (Å²) in [5.41, 5.74) is 2.52. The summed E-state index contributed by atoms with van der Waals surface area (Å²) in [6, 6.07) is 19.2. The van der Waals surface area contributed by atoms with Gasteiger partial charge in [-0.1, -0.05) is 42.5 Å². The van der Waals surface area contributed by atoms with Crippen LogP contribution in [0.25, 0.3) is 0 Å². The van der Waals surface area contributed by atoms with Crippen LogP contribution >= 0.6 is 0 Å². The minimum Gasteiger partial charge on any atom is -0.495 e. The van der Waals surface area contributed by atoms with Gasteiger partial charge in [0.25, 0.3) is 0 Å². The van der Waals surface area contributed by atoms with Crippen LogP contribution in [0.2, 0.25) is 0 Å². The fraction of sp³-hybridized carbons (Fsp3) is 0.294. The van der Waals surface area contributed by atoms with Crippen molar-refractivity contribution in [2.45, 2.75) is 6.04 Å². The SMILES string of the molecule is COc1ccccc1N1CCNC(c2ccccc2)C1. The largest absolute Gasteiger partial charge is 0.495 e. The maximum Gasteiger partial charge on any atom is 0.142 e. The Balaban J connectivity index is 1.82. The summed E-state index contributed by atoms with van der Waals surface area (Å²) < 4.78 is 5.48. The molecule has 3 nitrogen and oxygen atoms in total. The van der Waals surface area contributed by atoms with Gasteiger partial charge in [0, 0.05) is 25.7 Å². The number of hydrogen-bond donors (Lipinski definition) is 1. The van der Waals surface area contributed by atoms with Crippen LogP contribution in [0.1, 0.15) is 11.6 Å². The van der Waals surface area contributed by atoms with E-state index in [1.165, 1.54) is 11.3 Å². The van der Waals surface area contributed by atoms with E-state index in [-0.39, 0.29) is 0 Å². The number of para-hydroxylation sites is 2. The van der Waals surface area contributed by atoms with E-state index in [4.69, 9.17) is 4.74 Å². The van der Waals surface area contributed by atoms with Gasteiger partial charge in [-0.2, -0.15) is 0 Å². The number of rotatable bonds is 3. The van der Waals surface area contributed by atoms with E-state index in [1.807, 2.05) is 12.1 Å². The molecule has 1 fully saturated rings. The van der Waals surface area contributed by atoms with Crippen molar-refractivity contribution in [2.75, 3.05) is 31.6 Å². The lowest BCUT2D eigenvalue weighted by molar-refractivity contribution is 0.409. The molecule has 0 spiro atoms. The Morgan fingerprint density at radius 3 is 2.60 bits per heavy atom. The second-order valence-electron chi connectivity index (χ2n) is 5.04. The smallest absolute Gasteiger partial charge is 0.142 e. The highest BCUT2D eigenvalue weighted by Gasteiger charge is 2.22. The molecule has 20 heavy (non-hydrogen) atoms. The fourth-order valence-electron chi connectivity index (χ4n) is 2.77. The summed E-state index contributed by atoms with van der Waals surface area (Å²) >= 11 is 0. The zero-order chi connectivity index (χ0) is 13.8. The molecule has 3 rings (SSSR count). The van der Waals surface area contributed by atoms with Crippen molar-refractivity contribution in [1.82, 2.24) is 5.32 Å². The zero-order valence-corrected chi connectivity index (χ0v) is 11.8. The highest BCUT2D eigenvalue weighted by Crippen LogP contribution is 2.30. The molecular weight excluding hydrogens is 248 g/mol. The average Bonchev–Trinajstić information content (AvgIpc) is 2.56. The average molecular weight is 268 g/mol. The van der Waals surface area contributed by atoms with Crippen LogP contribution in [0.4, 0.5) is 5.69 Å². The lowest BCUT2D eigenvalue weighted by Gasteiger charge is -2.36. The number of hydrogen-bond acceptors (Lipinski definition) is 3. The monoisotopic (exact) mass is 268 g/mol. The molecule has 0 amide bonds. The molecular formula is C17H20N2O. The van der Waals surface area contributed by atoms with Crippen LogP contribution in [0.3, 0.4) is 0 Å². The van der Waals surface area contributed by atoms with Gasteiger partial charge in [-0.15, -0.1) is 0 Å². The number of nitrogens with one attached hydrogen (secondary N) is 1. The number of methoxy groups -OCH3 is 1.